The number of rotatable bonds is 7. The fourth-order valence-corrected chi connectivity index (χ4v) is 2.25. The molecule has 5 heteroatoms. The number of thiocarbonyl (C=S) groups is 1. The van der Waals surface area contributed by atoms with E-state index in [1.807, 2.05) is 6.07 Å². The number of unbranched alkanes of at least 4 members (excludes halogenated alkanes) is 1. The van der Waals surface area contributed by atoms with Gasteiger partial charge in [0, 0.05) is 5.56 Å². The standard InChI is InChI=1S/C19H23N3OS/c1-3-4-11-23-18-10-9-16(15-7-5-14(2)6-8-15)12-17(18)13-21-22-19(20)24/h5-10,12-13H,3-4,11H2,1-2H3,(H3,20,22,24). The maximum absolute atomic E-state index is 5.86. The number of hydrogen-bond donors (Lipinski definition) is 2. The zero-order chi connectivity index (χ0) is 17.4. The van der Waals surface area contributed by atoms with Crippen molar-refractivity contribution in [1.29, 1.82) is 0 Å². The number of benzene rings is 2. The predicted molar refractivity (Wildman–Crippen MR) is 105 cm³/mol. The molecular formula is C19H23N3OS. The minimum absolute atomic E-state index is 0.134. The van der Waals surface area contributed by atoms with E-state index in [0.717, 1.165) is 35.3 Å². The van der Waals surface area contributed by atoms with Gasteiger partial charge >= 0.3 is 0 Å². The van der Waals surface area contributed by atoms with Gasteiger partial charge in [-0.25, -0.2) is 0 Å². The third-order valence-corrected chi connectivity index (χ3v) is 3.62. The molecule has 0 unspecified atom stereocenters. The van der Waals surface area contributed by atoms with Gasteiger partial charge in [-0.3, -0.25) is 5.43 Å². The molecule has 2 aromatic rings. The topological polar surface area (TPSA) is 59.6 Å². The molecule has 4 nitrogen and oxygen atoms in total. The molecule has 3 N–H and O–H groups in total. The van der Waals surface area contributed by atoms with E-state index in [4.69, 9.17) is 22.7 Å². The molecule has 0 amide bonds. The van der Waals surface area contributed by atoms with Gasteiger partial charge in [-0.15, -0.1) is 0 Å². The first kappa shape index (κ1) is 17.9. The summed E-state index contributed by atoms with van der Waals surface area (Å²) in [7, 11) is 0. The van der Waals surface area contributed by atoms with Crippen molar-refractivity contribution >= 4 is 23.5 Å². The van der Waals surface area contributed by atoms with Crippen molar-refractivity contribution in [2.24, 2.45) is 10.8 Å². The molecule has 0 bridgehead atoms. The van der Waals surface area contributed by atoms with Crippen LogP contribution in [-0.4, -0.2) is 17.9 Å². The Balaban J connectivity index is 2.29. The van der Waals surface area contributed by atoms with Gasteiger partial charge in [0.2, 0.25) is 0 Å². The first-order chi connectivity index (χ1) is 11.6. The molecular weight excluding hydrogens is 318 g/mol. The van der Waals surface area contributed by atoms with Crippen LogP contribution in [0.4, 0.5) is 0 Å². The molecule has 0 aliphatic rings. The number of nitrogens with zero attached hydrogens (tertiary/aromatic N) is 1. The van der Waals surface area contributed by atoms with Crippen LogP contribution in [0.3, 0.4) is 0 Å². The van der Waals surface area contributed by atoms with E-state index >= 15 is 0 Å². The summed E-state index contributed by atoms with van der Waals surface area (Å²) < 4.78 is 5.86. The minimum Gasteiger partial charge on any atom is -0.493 e. The van der Waals surface area contributed by atoms with Gasteiger partial charge in [-0.2, -0.15) is 5.10 Å². The Hall–Kier alpha value is -2.40. The Kier molecular flexibility index (Phi) is 6.75. The largest absolute Gasteiger partial charge is 0.493 e. The summed E-state index contributed by atoms with van der Waals surface area (Å²) >= 11 is 4.77. The third kappa shape index (κ3) is 5.35. The Morgan fingerprint density at radius 2 is 1.92 bits per heavy atom. The number of aryl methyl sites for hydroxylation is 1. The molecule has 0 aromatic heterocycles. The van der Waals surface area contributed by atoms with Crippen LogP contribution in [0.25, 0.3) is 11.1 Å². The van der Waals surface area contributed by atoms with Gasteiger partial charge in [0.05, 0.1) is 12.8 Å². The Morgan fingerprint density at radius 3 is 2.58 bits per heavy atom. The van der Waals surface area contributed by atoms with Crippen molar-refractivity contribution in [3.63, 3.8) is 0 Å². The van der Waals surface area contributed by atoms with E-state index in [1.54, 1.807) is 6.21 Å². The van der Waals surface area contributed by atoms with E-state index in [0.29, 0.717) is 6.61 Å². The second kappa shape index (κ2) is 9.03. The van der Waals surface area contributed by atoms with Gasteiger partial charge in [-0.1, -0.05) is 49.2 Å². The summed E-state index contributed by atoms with van der Waals surface area (Å²) in [6.45, 7) is 4.90. The molecule has 0 radical (unpaired) electrons. The Bertz CT molecular complexity index is 711. The Morgan fingerprint density at radius 1 is 1.21 bits per heavy atom. The van der Waals surface area contributed by atoms with Gasteiger partial charge in [0.25, 0.3) is 0 Å². The van der Waals surface area contributed by atoms with Crippen LogP contribution in [0.2, 0.25) is 0 Å². The highest BCUT2D eigenvalue weighted by molar-refractivity contribution is 7.80. The molecule has 0 aliphatic heterocycles. The van der Waals surface area contributed by atoms with Crippen molar-refractivity contribution in [2.75, 3.05) is 6.61 Å². The molecule has 2 aromatic carbocycles. The van der Waals surface area contributed by atoms with Gasteiger partial charge in [-0.05, 0) is 48.8 Å². The van der Waals surface area contributed by atoms with Crippen molar-refractivity contribution in [3.05, 3.63) is 53.6 Å². The van der Waals surface area contributed by atoms with E-state index in [2.05, 4.69) is 60.8 Å². The molecule has 0 fully saturated rings. The van der Waals surface area contributed by atoms with Crippen LogP contribution >= 0.6 is 12.2 Å². The number of hydrazone groups is 1. The molecule has 24 heavy (non-hydrogen) atoms. The van der Waals surface area contributed by atoms with E-state index in [-0.39, 0.29) is 5.11 Å². The number of nitrogens with two attached hydrogens (primary N) is 1. The summed E-state index contributed by atoms with van der Waals surface area (Å²) in [4.78, 5) is 0. The average molecular weight is 341 g/mol. The van der Waals surface area contributed by atoms with Crippen LogP contribution in [-0.2, 0) is 0 Å². The van der Waals surface area contributed by atoms with E-state index < -0.39 is 0 Å². The average Bonchev–Trinajstić information content (AvgIpc) is 2.56. The highest BCUT2D eigenvalue weighted by atomic mass is 32.1. The van der Waals surface area contributed by atoms with E-state index in [1.165, 1.54) is 5.56 Å². The summed E-state index contributed by atoms with van der Waals surface area (Å²) in [6, 6.07) is 14.5. The fraction of sp³-hybridized carbons (Fsp3) is 0.263. The normalized spacial score (nSPS) is 10.8. The smallest absolute Gasteiger partial charge is 0.184 e. The predicted octanol–water partition coefficient (Wildman–Crippen LogP) is 4.01. The highest BCUT2D eigenvalue weighted by Gasteiger charge is 2.06. The number of ether oxygens (including phenoxy) is 1. The molecule has 126 valence electrons. The van der Waals surface area contributed by atoms with Gasteiger partial charge < -0.3 is 10.5 Å². The van der Waals surface area contributed by atoms with Crippen molar-refractivity contribution in [2.45, 2.75) is 26.7 Å². The molecule has 0 saturated heterocycles. The third-order valence-electron chi connectivity index (χ3n) is 3.53. The van der Waals surface area contributed by atoms with Crippen LogP contribution in [0.1, 0.15) is 30.9 Å². The molecule has 0 atom stereocenters. The minimum atomic E-state index is 0.134. The lowest BCUT2D eigenvalue weighted by Crippen LogP contribution is -2.24. The molecule has 0 saturated carbocycles. The zero-order valence-corrected chi connectivity index (χ0v) is 14.9. The number of hydrogen-bond acceptors (Lipinski definition) is 3. The fourth-order valence-electron chi connectivity index (χ4n) is 2.20. The maximum atomic E-state index is 5.86. The van der Waals surface area contributed by atoms with Gasteiger partial charge in [0.15, 0.2) is 5.11 Å². The van der Waals surface area contributed by atoms with Crippen molar-refractivity contribution < 1.29 is 4.74 Å². The summed E-state index contributed by atoms with van der Waals surface area (Å²) in [5.41, 5.74) is 12.4. The van der Waals surface area contributed by atoms with Crippen LogP contribution in [0.15, 0.2) is 47.6 Å². The molecule has 2 rings (SSSR count). The van der Waals surface area contributed by atoms with Crippen LogP contribution in [0, 0.1) is 6.92 Å². The molecule has 0 aliphatic carbocycles. The zero-order valence-electron chi connectivity index (χ0n) is 14.1. The van der Waals surface area contributed by atoms with Gasteiger partial charge in [0.1, 0.15) is 5.75 Å². The lowest BCUT2D eigenvalue weighted by Gasteiger charge is -2.11. The molecule has 0 spiro atoms. The monoisotopic (exact) mass is 341 g/mol. The number of nitrogens with one attached hydrogen (secondary N) is 1. The first-order valence-electron chi connectivity index (χ1n) is 8.02. The SMILES string of the molecule is CCCCOc1ccc(-c2ccc(C)cc2)cc1C=NNC(N)=S. The van der Waals surface area contributed by atoms with Crippen LogP contribution < -0.4 is 15.9 Å². The lowest BCUT2D eigenvalue weighted by atomic mass is 10.0. The summed E-state index contributed by atoms with van der Waals surface area (Å²) in [6.07, 6.45) is 3.79. The second-order valence-electron chi connectivity index (χ2n) is 5.55. The van der Waals surface area contributed by atoms with E-state index in [9.17, 15) is 0 Å². The second-order valence-corrected chi connectivity index (χ2v) is 5.99. The van der Waals surface area contributed by atoms with Crippen molar-refractivity contribution in [1.82, 2.24) is 5.43 Å². The van der Waals surface area contributed by atoms with Crippen molar-refractivity contribution in [3.8, 4) is 16.9 Å². The summed E-state index contributed by atoms with van der Waals surface area (Å²) in [5.74, 6) is 0.799. The highest BCUT2D eigenvalue weighted by Crippen LogP contribution is 2.26. The Labute approximate surface area is 148 Å². The summed E-state index contributed by atoms with van der Waals surface area (Å²) in [5, 5.41) is 4.19. The maximum Gasteiger partial charge on any atom is 0.184 e. The quantitative estimate of drug-likeness (QED) is 0.346. The van der Waals surface area contributed by atoms with Crippen LogP contribution in [0.5, 0.6) is 5.75 Å². The first-order valence-corrected chi connectivity index (χ1v) is 8.43. The molecule has 0 heterocycles. The lowest BCUT2D eigenvalue weighted by molar-refractivity contribution is 0.309.